The summed E-state index contributed by atoms with van der Waals surface area (Å²) in [5, 5.41) is 0. The summed E-state index contributed by atoms with van der Waals surface area (Å²) in [5.41, 5.74) is -1.12. The number of likely N-dealkylation sites (tertiary alicyclic amines) is 1. The van der Waals surface area contributed by atoms with E-state index in [9.17, 15) is 14.4 Å². The molecule has 134 valence electrons. The lowest BCUT2D eigenvalue weighted by atomic mass is 9.88. The largest absolute Gasteiger partial charge is 0.497 e. The standard InChI is InChI=1S/C16H23NO7/c1-5-10-23-15(20)17-8-6-16(7-9-17,24-12(2)18)13(21-3)11-14(19)22-4/h5,11H,1,6-10H2,2-4H3/b13-11+. The van der Waals surface area contributed by atoms with Crippen LogP contribution in [0.25, 0.3) is 0 Å². The highest BCUT2D eigenvalue weighted by molar-refractivity contribution is 5.82. The van der Waals surface area contributed by atoms with Crippen LogP contribution < -0.4 is 0 Å². The van der Waals surface area contributed by atoms with Gasteiger partial charge >= 0.3 is 18.0 Å². The van der Waals surface area contributed by atoms with Crippen LogP contribution in [0.2, 0.25) is 0 Å². The number of amides is 1. The molecule has 0 aromatic heterocycles. The Balaban J connectivity index is 2.94. The second-order valence-electron chi connectivity index (χ2n) is 5.18. The van der Waals surface area contributed by atoms with E-state index < -0.39 is 23.6 Å². The van der Waals surface area contributed by atoms with E-state index >= 15 is 0 Å². The number of carbonyl (C=O) groups excluding carboxylic acids is 3. The van der Waals surface area contributed by atoms with Crippen LogP contribution in [-0.2, 0) is 28.5 Å². The minimum Gasteiger partial charge on any atom is -0.497 e. The van der Waals surface area contributed by atoms with Gasteiger partial charge in [0.1, 0.15) is 12.4 Å². The molecule has 0 radical (unpaired) electrons. The first-order chi connectivity index (χ1) is 11.4. The third kappa shape index (κ3) is 5.00. The quantitative estimate of drug-likeness (QED) is 0.237. The SMILES string of the molecule is C=CCOC(=O)N1CCC(OC(C)=O)(/C(=C\C(=O)OC)OC)CC1. The monoisotopic (exact) mass is 341 g/mol. The minimum atomic E-state index is -1.12. The molecule has 0 aromatic rings. The van der Waals surface area contributed by atoms with Gasteiger partial charge in [-0.3, -0.25) is 4.79 Å². The van der Waals surface area contributed by atoms with Gasteiger partial charge in [-0.25, -0.2) is 9.59 Å². The highest BCUT2D eigenvalue weighted by Crippen LogP contribution is 2.34. The second-order valence-corrected chi connectivity index (χ2v) is 5.18. The summed E-state index contributed by atoms with van der Waals surface area (Å²) in [6.45, 7) is 5.44. The lowest BCUT2D eigenvalue weighted by molar-refractivity contribution is -0.161. The maximum Gasteiger partial charge on any atom is 0.410 e. The number of esters is 2. The van der Waals surface area contributed by atoms with E-state index in [0.717, 1.165) is 6.08 Å². The van der Waals surface area contributed by atoms with Gasteiger partial charge in [-0.15, -0.1) is 0 Å². The predicted octanol–water partition coefficient (Wildman–Crippen LogP) is 1.41. The molecule has 1 saturated heterocycles. The molecular formula is C16H23NO7. The van der Waals surface area contributed by atoms with Crippen molar-refractivity contribution in [1.82, 2.24) is 4.90 Å². The van der Waals surface area contributed by atoms with E-state index in [1.54, 1.807) is 0 Å². The molecule has 1 aliphatic rings. The van der Waals surface area contributed by atoms with Crippen LogP contribution in [0.5, 0.6) is 0 Å². The lowest BCUT2D eigenvalue weighted by Gasteiger charge is -2.40. The summed E-state index contributed by atoms with van der Waals surface area (Å²) in [7, 11) is 2.62. The Labute approximate surface area is 141 Å². The molecule has 0 aliphatic carbocycles. The van der Waals surface area contributed by atoms with Crippen molar-refractivity contribution < 1.29 is 33.3 Å². The molecule has 0 atom stereocenters. The molecule has 0 N–H and O–H groups in total. The van der Waals surface area contributed by atoms with Gasteiger partial charge in [0, 0.05) is 32.9 Å². The first-order valence-corrected chi connectivity index (χ1v) is 7.45. The molecule has 24 heavy (non-hydrogen) atoms. The van der Waals surface area contributed by atoms with Crippen molar-refractivity contribution in [2.45, 2.75) is 25.4 Å². The number of rotatable bonds is 6. The van der Waals surface area contributed by atoms with E-state index in [0.29, 0.717) is 0 Å². The fourth-order valence-corrected chi connectivity index (χ4v) is 2.49. The number of hydrogen-bond donors (Lipinski definition) is 0. The molecule has 1 rings (SSSR count). The van der Waals surface area contributed by atoms with Crippen molar-refractivity contribution in [3.05, 3.63) is 24.5 Å². The second kappa shape index (κ2) is 8.95. The van der Waals surface area contributed by atoms with Crippen LogP contribution in [0.1, 0.15) is 19.8 Å². The number of methoxy groups -OCH3 is 2. The van der Waals surface area contributed by atoms with Crippen molar-refractivity contribution in [2.75, 3.05) is 33.9 Å². The first kappa shape index (κ1) is 19.5. The Morgan fingerprint density at radius 1 is 1.17 bits per heavy atom. The Morgan fingerprint density at radius 3 is 2.25 bits per heavy atom. The molecule has 1 fully saturated rings. The Bertz CT molecular complexity index is 519. The van der Waals surface area contributed by atoms with Gasteiger partial charge in [-0.2, -0.15) is 0 Å². The van der Waals surface area contributed by atoms with Gasteiger partial charge in [0.2, 0.25) is 0 Å². The fraction of sp³-hybridized carbons (Fsp3) is 0.562. The predicted molar refractivity (Wildman–Crippen MR) is 84.0 cm³/mol. The smallest absolute Gasteiger partial charge is 0.410 e. The lowest BCUT2D eigenvalue weighted by Crippen LogP contribution is -2.50. The minimum absolute atomic E-state index is 0.121. The van der Waals surface area contributed by atoms with Crippen LogP contribution in [0.3, 0.4) is 0 Å². The van der Waals surface area contributed by atoms with E-state index in [4.69, 9.17) is 14.2 Å². The summed E-state index contributed by atoms with van der Waals surface area (Å²) < 4.78 is 20.3. The van der Waals surface area contributed by atoms with Crippen molar-refractivity contribution in [3.8, 4) is 0 Å². The zero-order valence-electron chi connectivity index (χ0n) is 14.2. The molecule has 0 aromatic carbocycles. The highest BCUT2D eigenvalue weighted by Gasteiger charge is 2.44. The van der Waals surface area contributed by atoms with E-state index in [1.807, 2.05) is 0 Å². The van der Waals surface area contributed by atoms with Crippen molar-refractivity contribution in [2.24, 2.45) is 0 Å². The van der Waals surface area contributed by atoms with Gasteiger partial charge < -0.3 is 23.8 Å². The van der Waals surface area contributed by atoms with Gasteiger partial charge in [-0.05, 0) is 0 Å². The topological polar surface area (TPSA) is 91.4 Å². The number of carbonyl (C=O) groups is 3. The summed E-state index contributed by atoms with van der Waals surface area (Å²) in [6, 6.07) is 0. The summed E-state index contributed by atoms with van der Waals surface area (Å²) in [5.74, 6) is -0.944. The Morgan fingerprint density at radius 2 is 1.79 bits per heavy atom. The fourth-order valence-electron chi connectivity index (χ4n) is 2.49. The van der Waals surface area contributed by atoms with Gasteiger partial charge in [-0.1, -0.05) is 12.7 Å². The number of piperidine rings is 1. The zero-order valence-corrected chi connectivity index (χ0v) is 14.2. The van der Waals surface area contributed by atoms with Crippen LogP contribution in [0.15, 0.2) is 24.5 Å². The van der Waals surface area contributed by atoms with Gasteiger partial charge in [0.05, 0.1) is 20.3 Å². The first-order valence-electron chi connectivity index (χ1n) is 7.45. The molecule has 8 heteroatoms. The number of ether oxygens (including phenoxy) is 4. The van der Waals surface area contributed by atoms with Crippen LogP contribution in [0, 0.1) is 0 Å². The molecule has 1 heterocycles. The molecule has 8 nitrogen and oxygen atoms in total. The average molecular weight is 341 g/mol. The van der Waals surface area contributed by atoms with Crippen molar-refractivity contribution >= 4 is 18.0 Å². The van der Waals surface area contributed by atoms with E-state index in [-0.39, 0.29) is 38.3 Å². The summed E-state index contributed by atoms with van der Waals surface area (Å²) >= 11 is 0. The van der Waals surface area contributed by atoms with Gasteiger partial charge in [0.25, 0.3) is 0 Å². The van der Waals surface area contributed by atoms with E-state index in [2.05, 4.69) is 11.3 Å². The molecule has 0 saturated carbocycles. The van der Waals surface area contributed by atoms with E-state index in [1.165, 1.54) is 32.1 Å². The van der Waals surface area contributed by atoms with Gasteiger partial charge in [0.15, 0.2) is 5.60 Å². The van der Waals surface area contributed by atoms with Crippen LogP contribution in [0.4, 0.5) is 4.79 Å². The van der Waals surface area contributed by atoms with Crippen molar-refractivity contribution in [3.63, 3.8) is 0 Å². The van der Waals surface area contributed by atoms with Crippen LogP contribution >= 0.6 is 0 Å². The number of nitrogens with zero attached hydrogens (tertiary/aromatic N) is 1. The Kier molecular flexibility index (Phi) is 7.29. The highest BCUT2D eigenvalue weighted by atomic mass is 16.6. The molecular weight excluding hydrogens is 318 g/mol. The third-order valence-corrected chi connectivity index (χ3v) is 3.61. The summed E-state index contributed by atoms with van der Waals surface area (Å²) in [6.07, 6.45) is 2.70. The number of hydrogen-bond acceptors (Lipinski definition) is 7. The molecule has 0 spiro atoms. The molecule has 1 amide bonds. The molecule has 0 bridgehead atoms. The molecule has 0 unspecified atom stereocenters. The third-order valence-electron chi connectivity index (χ3n) is 3.61. The maximum atomic E-state index is 11.9. The maximum absolute atomic E-state index is 11.9. The average Bonchev–Trinajstić information content (AvgIpc) is 2.57. The van der Waals surface area contributed by atoms with Crippen molar-refractivity contribution in [1.29, 1.82) is 0 Å². The zero-order chi connectivity index (χ0) is 18.2. The Hall–Kier alpha value is -2.51. The summed E-state index contributed by atoms with van der Waals surface area (Å²) in [4.78, 5) is 36.4. The normalized spacial score (nSPS) is 16.8. The van der Waals surface area contributed by atoms with Crippen LogP contribution in [-0.4, -0.2) is 62.4 Å². The molecule has 1 aliphatic heterocycles.